The van der Waals surface area contributed by atoms with Crippen LogP contribution < -0.4 is 5.32 Å². The number of aliphatic carboxylic acids is 1. The van der Waals surface area contributed by atoms with E-state index in [2.05, 4.69) is 21.2 Å². The summed E-state index contributed by atoms with van der Waals surface area (Å²) in [5, 5.41) is 12.0. The Kier molecular flexibility index (Phi) is 5.59. The van der Waals surface area contributed by atoms with Crippen molar-refractivity contribution in [3.05, 3.63) is 33.3 Å². The molecule has 0 spiro atoms. The highest BCUT2D eigenvalue weighted by atomic mass is 79.9. The summed E-state index contributed by atoms with van der Waals surface area (Å²) in [6.07, 6.45) is -0.136. The Labute approximate surface area is 131 Å². The molecule has 6 heteroatoms. The van der Waals surface area contributed by atoms with Crippen LogP contribution in [0.5, 0.6) is 0 Å². The molecule has 0 saturated heterocycles. The molecule has 0 aliphatic heterocycles. The molecule has 0 saturated carbocycles. The lowest BCUT2D eigenvalue weighted by Gasteiger charge is -2.30. The van der Waals surface area contributed by atoms with Crippen LogP contribution in [0, 0.1) is 5.41 Å². The summed E-state index contributed by atoms with van der Waals surface area (Å²) in [5.41, 5.74) is -0.0369. The van der Waals surface area contributed by atoms with E-state index in [-0.39, 0.29) is 17.7 Å². The SMILES string of the molecule is CC(C)(C)C(CC(=O)O)NC(=O)c1ccc(Br)cc1Cl. The van der Waals surface area contributed by atoms with E-state index in [0.29, 0.717) is 10.6 Å². The third-order valence-electron chi connectivity index (χ3n) is 2.91. The van der Waals surface area contributed by atoms with Crippen molar-refractivity contribution in [1.82, 2.24) is 5.32 Å². The van der Waals surface area contributed by atoms with Gasteiger partial charge in [-0.3, -0.25) is 9.59 Å². The van der Waals surface area contributed by atoms with Crippen LogP contribution >= 0.6 is 27.5 Å². The fourth-order valence-electron chi connectivity index (χ4n) is 1.66. The number of hydrogen-bond donors (Lipinski definition) is 2. The maximum atomic E-state index is 12.2. The fraction of sp³-hybridized carbons (Fsp3) is 0.429. The molecule has 1 amide bonds. The van der Waals surface area contributed by atoms with Gasteiger partial charge in [0.15, 0.2) is 0 Å². The highest BCUT2D eigenvalue weighted by Crippen LogP contribution is 2.25. The molecule has 0 aliphatic carbocycles. The summed E-state index contributed by atoms with van der Waals surface area (Å²) in [5.74, 6) is -1.32. The lowest BCUT2D eigenvalue weighted by atomic mass is 9.84. The summed E-state index contributed by atoms with van der Waals surface area (Å²) in [4.78, 5) is 23.1. The van der Waals surface area contributed by atoms with Crippen molar-refractivity contribution in [2.45, 2.75) is 33.2 Å². The summed E-state index contributed by atoms with van der Waals surface area (Å²) >= 11 is 9.29. The fourth-order valence-corrected chi connectivity index (χ4v) is 2.42. The molecule has 0 fully saturated rings. The summed E-state index contributed by atoms with van der Waals surface area (Å²) in [7, 11) is 0. The third kappa shape index (κ3) is 4.80. The number of carboxylic acids is 1. The topological polar surface area (TPSA) is 66.4 Å². The average Bonchev–Trinajstić information content (AvgIpc) is 2.25. The highest BCUT2D eigenvalue weighted by Gasteiger charge is 2.29. The molecule has 1 atom stereocenters. The molecule has 20 heavy (non-hydrogen) atoms. The van der Waals surface area contributed by atoms with Crippen molar-refractivity contribution < 1.29 is 14.7 Å². The summed E-state index contributed by atoms with van der Waals surface area (Å²) < 4.78 is 0.775. The standard InChI is InChI=1S/C14H17BrClNO3/c1-14(2,3)11(7-12(18)19)17-13(20)9-5-4-8(15)6-10(9)16/h4-6,11H,7H2,1-3H3,(H,17,20)(H,18,19). The van der Waals surface area contributed by atoms with Gasteiger partial charge in [-0.05, 0) is 23.6 Å². The van der Waals surface area contributed by atoms with E-state index in [1.807, 2.05) is 20.8 Å². The molecule has 0 heterocycles. The zero-order valence-corrected chi connectivity index (χ0v) is 13.9. The molecule has 0 aliphatic rings. The smallest absolute Gasteiger partial charge is 0.305 e. The van der Waals surface area contributed by atoms with Crippen LogP contribution in [0.15, 0.2) is 22.7 Å². The minimum absolute atomic E-state index is 0.136. The van der Waals surface area contributed by atoms with Gasteiger partial charge in [0.25, 0.3) is 5.91 Å². The van der Waals surface area contributed by atoms with E-state index in [0.717, 1.165) is 4.47 Å². The number of carboxylic acid groups (broad SMARTS) is 1. The van der Waals surface area contributed by atoms with Gasteiger partial charge in [-0.25, -0.2) is 0 Å². The van der Waals surface area contributed by atoms with Crippen molar-refractivity contribution in [3.8, 4) is 0 Å². The molecule has 1 rings (SSSR count). The van der Waals surface area contributed by atoms with E-state index >= 15 is 0 Å². The molecule has 0 aromatic heterocycles. The van der Waals surface area contributed by atoms with E-state index < -0.39 is 12.0 Å². The van der Waals surface area contributed by atoms with Gasteiger partial charge in [0.05, 0.1) is 17.0 Å². The first kappa shape index (κ1) is 17.0. The minimum Gasteiger partial charge on any atom is -0.481 e. The van der Waals surface area contributed by atoms with Crippen molar-refractivity contribution >= 4 is 39.4 Å². The van der Waals surface area contributed by atoms with Crippen LogP contribution in [-0.2, 0) is 4.79 Å². The largest absolute Gasteiger partial charge is 0.481 e. The van der Waals surface area contributed by atoms with Crippen molar-refractivity contribution in [2.75, 3.05) is 0 Å². The molecule has 4 nitrogen and oxygen atoms in total. The molecule has 0 radical (unpaired) electrons. The van der Waals surface area contributed by atoms with Crippen molar-refractivity contribution in [1.29, 1.82) is 0 Å². The van der Waals surface area contributed by atoms with Crippen LogP contribution in [0.4, 0.5) is 0 Å². The number of amides is 1. The number of carbonyl (C=O) groups excluding carboxylic acids is 1. The van der Waals surface area contributed by atoms with Crippen molar-refractivity contribution in [2.24, 2.45) is 5.41 Å². The summed E-state index contributed by atoms with van der Waals surface area (Å²) in [6, 6.07) is 4.46. The van der Waals surface area contributed by atoms with E-state index in [9.17, 15) is 9.59 Å². The lowest BCUT2D eigenvalue weighted by molar-refractivity contribution is -0.138. The van der Waals surface area contributed by atoms with Gasteiger partial charge in [-0.2, -0.15) is 0 Å². The van der Waals surface area contributed by atoms with E-state index in [1.54, 1.807) is 18.2 Å². The molecule has 1 aromatic rings. The van der Waals surface area contributed by atoms with Gasteiger partial charge >= 0.3 is 5.97 Å². The molecular formula is C14H17BrClNO3. The predicted octanol–water partition coefficient (Wildman–Crippen LogP) is 3.72. The van der Waals surface area contributed by atoms with Gasteiger partial charge < -0.3 is 10.4 Å². The second-order valence-corrected chi connectivity index (χ2v) is 6.94. The zero-order chi connectivity index (χ0) is 15.5. The van der Waals surface area contributed by atoms with Crippen LogP contribution in [0.3, 0.4) is 0 Å². The first-order valence-electron chi connectivity index (χ1n) is 6.09. The summed E-state index contributed by atoms with van der Waals surface area (Å²) in [6.45, 7) is 5.64. The lowest BCUT2D eigenvalue weighted by Crippen LogP contribution is -2.45. The Morgan fingerprint density at radius 1 is 1.40 bits per heavy atom. The Morgan fingerprint density at radius 3 is 2.45 bits per heavy atom. The van der Waals surface area contributed by atoms with Crippen LogP contribution in [0.2, 0.25) is 5.02 Å². The monoisotopic (exact) mass is 361 g/mol. The van der Waals surface area contributed by atoms with Gasteiger partial charge in [-0.1, -0.05) is 48.3 Å². The molecule has 1 aromatic carbocycles. The number of halogens is 2. The third-order valence-corrected chi connectivity index (χ3v) is 3.71. The van der Waals surface area contributed by atoms with Crippen LogP contribution in [0.25, 0.3) is 0 Å². The number of carbonyl (C=O) groups is 2. The van der Waals surface area contributed by atoms with Gasteiger partial charge in [0, 0.05) is 10.5 Å². The molecular weight excluding hydrogens is 346 g/mol. The maximum absolute atomic E-state index is 12.2. The van der Waals surface area contributed by atoms with Gasteiger partial charge in [0.1, 0.15) is 0 Å². The highest BCUT2D eigenvalue weighted by molar-refractivity contribution is 9.10. The first-order chi connectivity index (χ1) is 9.11. The molecule has 1 unspecified atom stereocenters. The Balaban J connectivity index is 2.93. The quantitative estimate of drug-likeness (QED) is 0.858. The van der Waals surface area contributed by atoms with E-state index in [1.165, 1.54) is 0 Å². The normalized spacial score (nSPS) is 12.8. The number of rotatable bonds is 4. The number of nitrogens with one attached hydrogen (secondary N) is 1. The first-order valence-corrected chi connectivity index (χ1v) is 7.26. The average molecular weight is 363 g/mol. The minimum atomic E-state index is -0.952. The molecule has 110 valence electrons. The Bertz CT molecular complexity index is 526. The Hall–Kier alpha value is -1.07. The van der Waals surface area contributed by atoms with Crippen LogP contribution in [-0.4, -0.2) is 23.0 Å². The van der Waals surface area contributed by atoms with E-state index in [4.69, 9.17) is 16.7 Å². The van der Waals surface area contributed by atoms with Gasteiger partial charge in [0.2, 0.25) is 0 Å². The molecule has 0 bridgehead atoms. The van der Waals surface area contributed by atoms with Crippen molar-refractivity contribution in [3.63, 3.8) is 0 Å². The maximum Gasteiger partial charge on any atom is 0.305 e. The Morgan fingerprint density at radius 2 is 2.00 bits per heavy atom. The number of benzene rings is 1. The molecule has 2 N–H and O–H groups in total. The second kappa shape index (κ2) is 6.59. The second-order valence-electron chi connectivity index (χ2n) is 5.61. The van der Waals surface area contributed by atoms with Gasteiger partial charge in [-0.15, -0.1) is 0 Å². The zero-order valence-electron chi connectivity index (χ0n) is 11.5. The predicted molar refractivity (Wildman–Crippen MR) is 82.1 cm³/mol. The number of hydrogen-bond acceptors (Lipinski definition) is 2. The van der Waals surface area contributed by atoms with Crippen LogP contribution in [0.1, 0.15) is 37.6 Å².